The highest BCUT2D eigenvalue weighted by atomic mass is 16.3. The van der Waals surface area contributed by atoms with Crippen LogP contribution in [0.2, 0.25) is 0 Å². The topological polar surface area (TPSA) is 37.2 Å². The van der Waals surface area contributed by atoms with E-state index in [9.17, 15) is 5.11 Å². The number of nitrogens with zero attached hydrogens (tertiary/aromatic N) is 1. The van der Waals surface area contributed by atoms with Gasteiger partial charge in [-0.2, -0.15) is 0 Å². The summed E-state index contributed by atoms with van der Waals surface area (Å²) in [5.74, 6) is 0. The molecule has 17 heavy (non-hydrogen) atoms. The molecule has 0 spiro atoms. The lowest BCUT2D eigenvalue weighted by atomic mass is 9.98. The zero-order valence-corrected chi connectivity index (χ0v) is 12.0. The molecule has 0 aliphatic heterocycles. The smallest absolute Gasteiger partial charge is 0.0688 e. The third-order valence-corrected chi connectivity index (χ3v) is 3.77. The van der Waals surface area contributed by atoms with Gasteiger partial charge in [-0.1, -0.05) is 0 Å². The van der Waals surface area contributed by atoms with E-state index in [1.54, 1.807) is 0 Å². The summed E-state index contributed by atoms with van der Waals surface area (Å²) < 4.78 is 2.31. The number of rotatable bonds is 5. The van der Waals surface area contributed by atoms with Crippen molar-refractivity contribution in [2.45, 2.75) is 66.3 Å². The van der Waals surface area contributed by atoms with Crippen molar-refractivity contribution in [3.8, 4) is 0 Å². The van der Waals surface area contributed by atoms with Crippen molar-refractivity contribution in [3.63, 3.8) is 0 Å². The van der Waals surface area contributed by atoms with Crippen molar-refractivity contribution in [3.05, 3.63) is 23.0 Å². The van der Waals surface area contributed by atoms with Crippen LogP contribution in [0.15, 0.2) is 6.07 Å². The van der Waals surface area contributed by atoms with E-state index >= 15 is 0 Å². The summed E-state index contributed by atoms with van der Waals surface area (Å²) in [6.07, 6.45) is -0.364. The van der Waals surface area contributed by atoms with Gasteiger partial charge in [0, 0.05) is 30.0 Å². The normalized spacial score (nSPS) is 14.1. The number of hydrogen-bond donors (Lipinski definition) is 2. The van der Waals surface area contributed by atoms with Gasteiger partial charge in [0.25, 0.3) is 0 Å². The molecule has 0 aromatic carbocycles. The molecule has 0 aliphatic rings. The predicted octanol–water partition coefficient (Wildman–Crippen LogP) is 2.37. The summed E-state index contributed by atoms with van der Waals surface area (Å²) in [6, 6.07) is 2.23. The highest BCUT2D eigenvalue weighted by Gasteiger charge is 2.23. The maximum Gasteiger partial charge on any atom is 0.0688 e. The van der Waals surface area contributed by atoms with E-state index in [1.165, 1.54) is 17.0 Å². The zero-order valence-electron chi connectivity index (χ0n) is 12.0. The second-order valence-corrected chi connectivity index (χ2v) is 5.39. The molecule has 0 amide bonds. The molecule has 1 unspecified atom stereocenters. The summed E-state index contributed by atoms with van der Waals surface area (Å²) in [7, 11) is 0. The second-order valence-electron chi connectivity index (χ2n) is 5.39. The molecule has 0 bridgehead atoms. The minimum Gasteiger partial charge on any atom is -0.392 e. The van der Waals surface area contributed by atoms with Crippen LogP contribution in [0.25, 0.3) is 0 Å². The van der Waals surface area contributed by atoms with Crippen LogP contribution in [0, 0.1) is 13.8 Å². The molecule has 0 saturated carbocycles. The molecule has 3 nitrogen and oxygen atoms in total. The van der Waals surface area contributed by atoms with Crippen LogP contribution in [-0.4, -0.2) is 21.3 Å². The maximum atomic E-state index is 9.67. The first-order valence-corrected chi connectivity index (χ1v) is 6.38. The maximum absolute atomic E-state index is 9.67. The Morgan fingerprint density at radius 3 is 2.41 bits per heavy atom. The van der Waals surface area contributed by atoms with Gasteiger partial charge in [-0.3, -0.25) is 0 Å². The average Bonchev–Trinajstić information content (AvgIpc) is 2.50. The van der Waals surface area contributed by atoms with Crippen LogP contribution in [0.5, 0.6) is 0 Å². The standard InChI is InChI=1S/C14H26N2O/c1-7-16-10(2)8-13(11(16)3)9-15-14(5,6)12(4)17/h8,12,15,17H,7,9H2,1-6H3. The minimum atomic E-state index is -0.364. The van der Waals surface area contributed by atoms with Crippen LogP contribution in [0.4, 0.5) is 0 Å². The summed E-state index contributed by atoms with van der Waals surface area (Å²) in [5, 5.41) is 13.1. The largest absolute Gasteiger partial charge is 0.392 e. The van der Waals surface area contributed by atoms with E-state index in [-0.39, 0.29) is 11.6 Å². The van der Waals surface area contributed by atoms with E-state index in [2.05, 4.69) is 36.7 Å². The lowest BCUT2D eigenvalue weighted by molar-refractivity contribution is 0.0956. The molecule has 0 radical (unpaired) electrons. The molecule has 1 rings (SSSR count). The lowest BCUT2D eigenvalue weighted by Gasteiger charge is -2.29. The second kappa shape index (κ2) is 5.23. The Kier molecular flexibility index (Phi) is 4.39. The van der Waals surface area contributed by atoms with E-state index in [0.717, 1.165) is 13.1 Å². The fourth-order valence-corrected chi connectivity index (χ4v) is 2.01. The fraction of sp³-hybridized carbons (Fsp3) is 0.714. The number of aliphatic hydroxyl groups is 1. The van der Waals surface area contributed by atoms with Crippen molar-refractivity contribution >= 4 is 0 Å². The Morgan fingerprint density at radius 2 is 2.00 bits per heavy atom. The zero-order chi connectivity index (χ0) is 13.2. The predicted molar refractivity (Wildman–Crippen MR) is 72.2 cm³/mol. The van der Waals surface area contributed by atoms with Crippen molar-refractivity contribution < 1.29 is 5.11 Å². The highest BCUT2D eigenvalue weighted by Crippen LogP contribution is 2.17. The van der Waals surface area contributed by atoms with Crippen LogP contribution in [0.1, 0.15) is 44.6 Å². The molecule has 1 aromatic rings. The Labute approximate surface area is 105 Å². The summed E-state index contributed by atoms with van der Waals surface area (Å²) in [4.78, 5) is 0. The summed E-state index contributed by atoms with van der Waals surface area (Å²) >= 11 is 0. The van der Waals surface area contributed by atoms with Crippen LogP contribution in [-0.2, 0) is 13.1 Å². The van der Waals surface area contributed by atoms with E-state index in [1.807, 2.05) is 20.8 Å². The van der Waals surface area contributed by atoms with Gasteiger partial charge in [0.05, 0.1) is 6.10 Å². The fourth-order valence-electron chi connectivity index (χ4n) is 2.01. The molecular formula is C14H26N2O. The number of aromatic nitrogens is 1. The number of nitrogens with one attached hydrogen (secondary N) is 1. The first-order chi connectivity index (χ1) is 7.79. The van der Waals surface area contributed by atoms with E-state index in [4.69, 9.17) is 0 Å². The third-order valence-electron chi connectivity index (χ3n) is 3.77. The first-order valence-electron chi connectivity index (χ1n) is 6.38. The Hall–Kier alpha value is -0.800. The van der Waals surface area contributed by atoms with Crippen LogP contribution in [0.3, 0.4) is 0 Å². The molecule has 3 heteroatoms. The number of hydrogen-bond acceptors (Lipinski definition) is 2. The molecule has 1 atom stereocenters. The molecule has 2 N–H and O–H groups in total. The van der Waals surface area contributed by atoms with E-state index in [0.29, 0.717) is 0 Å². The molecule has 1 aromatic heterocycles. The molecule has 98 valence electrons. The van der Waals surface area contributed by atoms with Crippen molar-refractivity contribution in [1.29, 1.82) is 0 Å². The third kappa shape index (κ3) is 3.11. The van der Waals surface area contributed by atoms with Gasteiger partial charge in [0.1, 0.15) is 0 Å². The van der Waals surface area contributed by atoms with Gasteiger partial charge in [-0.05, 0) is 53.2 Å². The van der Waals surface area contributed by atoms with Gasteiger partial charge in [0.2, 0.25) is 0 Å². The molecular weight excluding hydrogens is 212 g/mol. The van der Waals surface area contributed by atoms with Gasteiger partial charge in [0.15, 0.2) is 0 Å². The number of aryl methyl sites for hydroxylation is 1. The van der Waals surface area contributed by atoms with Crippen molar-refractivity contribution in [1.82, 2.24) is 9.88 Å². The van der Waals surface area contributed by atoms with Crippen LogP contribution >= 0.6 is 0 Å². The van der Waals surface area contributed by atoms with Gasteiger partial charge < -0.3 is 15.0 Å². The highest BCUT2D eigenvalue weighted by molar-refractivity contribution is 5.26. The molecule has 0 aliphatic carbocycles. The van der Waals surface area contributed by atoms with Gasteiger partial charge in [-0.15, -0.1) is 0 Å². The van der Waals surface area contributed by atoms with E-state index < -0.39 is 0 Å². The Bertz CT molecular complexity index is 378. The molecule has 1 heterocycles. The summed E-state index contributed by atoms with van der Waals surface area (Å²) in [6.45, 7) is 14.1. The summed E-state index contributed by atoms with van der Waals surface area (Å²) in [5.41, 5.74) is 3.68. The van der Waals surface area contributed by atoms with Crippen molar-refractivity contribution in [2.24, 2.45) is 0 Å². The minimum absolute atomic E-state index is 0.255. The Balaban J connectivity index is 2.77. The first kappa shape index (κ1) is 14.3. The number of aliphatic hydroxyl groups excluding tert-OH is 1. The quantitative estimate of drug-likeness (QED) is 0.826. The SMILES string of the molecule is CCn1c(C)cc(CNC(C)(C)C(C)O)c1C. The Morgan fingerprint density at radius 1 is 1.41 bits per heavy atom. The monoisotopic (exact) mass is 238 g/mol. The van der Waals surface area contributed by atoms with Crippen LogP contribution < -0.4 is 5.32 Å². The molecule has 0 fully saturated rings. The average molecular weight is 238 g/mol. The molecule has 0 saturated heterocycles. The van der Waals surface area contributed by atoms with Gasteiger partial charge in [-0.25, -0.2) is 0 Å². The van der Waals surface area contributed by atoms with Crippen molar-refractivity contribution in [2.75, 3.05) is 0 Å². The lowest BCUT2D eigenvalue weighted by Crippen LogP contribution is -2.47. The van der Waals surface area contributed by atoms with Gasteiger partial charge >= 0.3 is 0 Å².